The Kier molecular flexibility index (Phi) is 5.09. The first kappa shape index (κ1) is 14.9. The highest BCUT2D eigenvalue weighted by atomic mass is 35.5. The second-order valence-corrected chi connectivity index (χ2v) is 5.12. The quantitative estimate of drug-likeness (QED) is 0.884. The zero-order chi connectivity index (χ0) is 14.5. The summed E-state index contributed by atoms with van der Waals surface area (Å²) in [7, 11) is 0. The highest BCUT2D eigenvalue weighted by molar-refractivity contribution is 6.31. The van der Waals surface area contributed by atoms with Crippen LogP contribution in [0.1, 0.15) is 49.5 Å². The van der Waals surface area contributed by atoms with Gasteiger partial charge in [-0.1, -0.05) is 42.6 Å². The highest BCUT2D eigenvalue weighted by Gasteiger charge is 2.15. The summed E-state index contributed by atoms with van der Waals surface area (Å²) in [6.07, 6.45) is 3.29. The lowest BCUT2D eigenvalue weighted by Crippen LogP contribution is -2.10. The molecule has 0 saturated carbocycles. The van der Waals surface area contributed by atoms with Crippen LogP contribution in [0.3, 0.4) is 0 Å². The first-order valence-electron chi connectivity index (χ1n) is 6.62. The average molecular weight is 298 g/mol. The number of unbranched alkanes of at least 4 members (excludes halogenated alkanes) is 1. The minimum absolute atomic E-state index is 0.236. The molecule has 1 atom stereocenters. The molecule has 6 heteroatoms. The third-order valence-electron chi connectivity index (χ3n) is 3.03. The van der Waals surface area contributed by atoms with Gasteiger partial charge >= 0.3 is 0 Å². The van der Waals surface area contributed by atoms with Crippen LogP contribution in [0.4, 0.5) is 4.39 Å². The molecule has 20 heavy (non-hydrogen) atoms. The fourth-order valence-electron chi connectivity index (χ4n) is 1.87. The molecular formula is C14H17ClFN3O. The monoisotopic (exact) mass is 297 g/mol. The Labute approximate surface area is 122 Å². The van der Waals surface area contributed by atoms with Crippen molar-refractivity contribution in [1.82, 2.24) is 10.1 Å². The minimum Gasteiger partial charge on any atom is -0.338 e. The van der Waals surface area contributed by atoms with Crippen LogP contribution in [0.5, 0.6) is 0 Å². The van der Waals surface area contributed by atoms with Crippen LogP contribution in [-0.2, 0) is 6.42 Å². The maximum atomic E-state index is 13.0. The normalized spacial score (nSPS) is 12.6. The zero-order valence-corrected chi connectivity index (χ0v) is 12.0. The number of rotatable bonds is 6. The highest BCUT2D eigenvalue weighted by Crippen LogP contribution is 2.21. The summed E-state index contributed by atoms with van der Waals surface area (Å²) < 4.78 is 18.1. The molecule has 0 aliphatic rings. The summed E-state index contributed by atoms with van der Waals surface area (Å²) in [5, 5.41) is 4.24. The van der Waals surface area contributed by atoms with E-state index in [0.717, 1.165) is 24.8 Å². The number of nitrogens with two attached hydrogens (primary N) is 1. The molecule has 108 valence electrons. The van der Waals surface area contributed by atoms with Crippen molar-refractivity contribution < 1.29 is 8.91 Å². The molecule has 1 aromatic carbocycles. The van der Waals surface area contributed by atoms with Gasteiger partial charge in [0.25, 0.3) is 0 Å². The van der Waals surface area contributed by atoms with Gasteiger partial charge in [0.15, 0.2) is 5.82 Å². The largest absolute Gasteiger partial charge is 0.338 e. The Hall–Kier alpha value is -1.46. The van der Waals surface area contributed by atoms with Gasteiger partial charge in [-0.25, -0.2) is 4.39 Å². The van der Waals surface area contributed by atoms with Gasteiger partial charge in [0.2, 0.25) is 5.89 Å². The summed E-state index contributed by atoms with van der Waals surface area (Å²) in [5.41, 5.74) is 6.72. The molecule has 2 rings (SSSR count). The standard InChI is InChI=1S/C14H17ClFN3O/c1-2-3-4-12(17)14-18-13(19-20-14)7-9-5-6-10(16)8-11(9)15/h5-6,8,12H,2-4,7,17H2,1H3/t12-/m0/s1. The van der Waals surface area contributed by atoms with Crippen molar-refractivity contribution in [2.45, 2.75) is 38.6 Å². The van der Waals surface area contributed by atoms with Crippen molar-refractivity contribution in [1.29, 1.82) is 0 Å². The molecule has 0 aliphatic heterocycles. The van der Waals surface area contributed by atoms with E-state index in [1.165, 1.54) is 12.1 Å². The molecule has 0 radical (unpaired) electrons. The van der Waals surface area contributed by atoms with E-state index in [9.17, 15) is 4.39 Å². The number of nitrogens with zero attached hydrogens (tertiary/aromatic N) is 2. The number of hydrogen-bond acceptors (Lipinski definition) is 4. The van der Waals surface area contributed by atoms with Crippen molar-refractivity contribution in [2.75, 3.05) is 0 Å². The first-order chi connectivity index (χ1) is 9.60. The summed E-state index contributed by atoms with van der Waals surface area (Å²) in [6.45, 7) is 2.10. The Morgan fingerprint density at radius 2 is 2.25 bits per heavy atom. The van der Waals surface area contributed by atoms with E-state index in [0.29, 0.717) is 23.2 Å². The first-order valence-corrected chi connectivity index (χ1v) is 7.00. The fraction of sp³-hybridized carbons (Fsp3) is 0.429. The molecule has 2 aromatic rings. The van der Waals surface area contributed by atoms with Gasteiger partial charge in [0.05, 0.1) is 6.04 Å². The van der Waals surface area contributed by atoms with E-state index in [-0.39, 0.29) is 11.9 Å². The van der Waals surface area contributed by atoms with E-state index < -0.39 is 0 Å². The van der Waals surface area contributed by atoms with Crippen LogP contribution in [0, 0.1) is 5.82 Å². The summed E-state index contributed by atoms with van der Waals surface area (Å²) in [4.78, 5) is 4.27. The van der Waals surface area contributed by atoms with E-state index in [1.807, 2.05) is 0 Å². The molecule has 1 aromatic heterocycles. The maximum absolute atomic E-state index is 13.0. The molecule has 0 fully saturated rings. The van der Waals surface area contributed by atoms with Gasteiger partial charge in [-0.15, -0.1) is 0 Å². The van der Waals surface area contributed by atoms with Crippen molar-refractivity contribution in [3.05, 3.63) is 46.3 Å². The molecule has 0 saturated heterocycles. The van der Waals surface area contributed by atoms with Crippen LogP contribution in [0.25, 0.3) is 0 Å². The lowest BCUT2D eigenvalue weighted by molar-refractivity contribution is 0.343. The average Bonchev–Trinajstić information content (AvgIpc) is 2.88. The van der Waals surface area contributed by atoms with E-state index >= 15 is 0 Å². The predicted octanol–water partition coefficient (Wildman–Crippen LogP) is 3.64. The summed E-state index contributed by atoms with van der Waals surface area (Å²) in [5.74, 6) is 0.571. The lowest BCUT2D eigenvalue weighted by Gasteiger charge is -2.04. The Morgan fingerprint density at radius 1 is 1.45 bits per heavy atom. The molecule has 0 amide bonds. The summed E-state index contributed by atoms with van der Waals surface area (Å²) >= 11 is 5.97. The Morgan fingerprint density at radius 3 is 2.95 bits per heavy atom. The lowest BCUT2D eigenvalue weighted by atomic mass is 10.1. The SMILES string of the molecule is CCCC[C@H](N)c1nc(Cc2ccc(F)cc2Cl)no1. The molecule has 0 unspecified atom stereocenters. The van der Waals surface area contributed by atoms with Crippen LogP contribution in [-0.4, -0.2) is 10.1 Å². The van der Waals surface area contributed by atoms with Gasteiger partial charge in [-0.3, -0.25) is 0 Å². The topological polar surface area (TPSA) is 64.9 Å². The molecular weight excluding hydrogens is 281 g/mol. The van der Waals surface area contributed by atoms with E-state index in [1.54, 1.807) is 6.07 Å². The van der Waals surface area contributed by atoms with Crippen molar-refractivity contribution in [3.8, 4) is 0 Å². The second-order valence-electron chi connectivity index (χ2n) is 4.71. The minimum atomic E-state index is -0.367. The Balaban J connectivity index is 2.05. The van der Waals surface area contributed by atoms with Crippen molar-refractivity contribution in [3.63, 3.8) is 0 Å². The second kappa shape index (κ2) is 6.81. The summed E-state index contributed by atoms with van der Waals surface area (Å²) in [6, 6.07) is 4.00. The van der Waals surface area contributed by atoms with Crippen LogP contribution < -0.4 is 5.73 Å². The number of aromatic nitrogens is 2. The van der Waals surface area contributed by atoms with Gasteiger partial charge in [0.1, 0.15) is 5.82 Å². The van der Waals surface area contributed by atoms with E-state index in [2.05, 4.69) is 17.1 Å². The molecule has 2 N–H and O–H groups in total. The van der Waals surface area contributed by atoms with Crippen molar-refractivity contribution >= 4 is 11.6 Å². The van der Waals surface area contributed by atoms with E-state index in [4.69, 9.17) is 21.9 Å². The van der Waals surface area contributed by atoms with Crippen molar-refractivity contribution in [2.24, 2.45) is 5.73 Å². The maximum Gasteiger partial charge on any atom is 0.243 e. The van der Waals surface area contributed by atoms with Gasteiger partial charge in [0, 0.05) is 11.4 Å². The molecule has 0 spiro atoms. The smallest absolute Gasteiger partial charge is 0.243 e. The molecule has 1 heterocycles. The van der Waals surface area contributed by atoms with Crippen LogP contribution >= 0.6 is 11.6 Å². The molecule has 0 bridgehead atoms. The Bertz CT molecular complexity index is 573. The van der Waals surface area contributed by atoms with Crippen LogP contribution in [0.2, 0.25) is 5.02 Å². The third kappa shape index (κ3) is 3.77. The number of benzene rings is 1. The molecule has 0 aliphatic carbocycles. The molecule has 4 nitrogen and oxygen atoms in total. The zero-order valence-electron chi connectivity index (χ0n) is 11.3. The third-order valence-corrected chi connectivity index (χ3v) is 3.39. The van der Waals surface area contributed by atoms with Gasteiger partial charge < -0.3 is 10.3 Å². The van der Waals surface area contributed by atoms with Gasteiger partial charge in [-0.2, -0.15) is 4.98 Å². The predicted molar refractivity (Wildman–Crippen MR) is 75.0 cm³/mol. The number of halogens is 2. The fourth-order valence-corrected chi connectivity index (χ4v) is 2.11. The van der Waals surface area contributed by atoms with Crippen LogP contribution in [0.15, 0.2) is 22.7 Å². The van der Waals surface area contributed by atoms with Gasteiger partial charge in [-0.05, 0) is 24.1 Å². The number of hydrogen-bond donors (Lipinski definition) is 1.